The van der Waals surface area contributed by atoms with Crippen LogP contribution >= 0.6 is 0 Å². The molecule has 1 heterocycles. The number of amides is 1. The number of methoxy groups -OCH3 is 1. The molecule has 8 nitrogen and oxygen atoms in total. The molecule has 2 rings (SSSR count). The lowest BCUT2D eigenvalue weighted by Gasteiger charge is -2.20. The van der Waals surface area contributed by atoms with Gasteiger partial charge in [-0.1, -0.05) is 37.8 Å². The van der Waals surface area contributed by atoms with Crippen LogP contribution in [0.1, 0.15) is 26.5 Å². The lowest BCUT2D eigenvalue weighted by Crippen LogP contribution is -2.27. The highest BCUT2D eigenvalue weighted by Gasteiger charge is 2.21. The summed E-state index contributed by atoms with van der Waals surface area (Å²) in [5.74, 6) is -0.630. The molecule has 0 aliphatic carbocycles. The van der Waals surface area contributed by atoms with Crippen LogP contribution in [-0.2, 0) is 23.8 Å². The second-order valence-electron chi connectivity index (χ2n) is 10.3. The van der Waals surface area contributed by atoms with Gasteiger partial charge in [0.1, 0.15) is 12.3 Å². The molecule has 0 unspecified atom stereocenters. The van der Waals surface area contributed by atoms with Crippen molar-refractivity contribution in [1.82, 2.24) is 9.47 Å². The molecular weight excluding hydrogens is 464 g/mol. The van der Waals surface area contributed by atoms with Crippen molar-refractivity contribution in [3.05, 3.63) is 53.9 Å². The van der Waals surface area contributed by atoms with E-state index in [0.717, 1.165) is 11.4 Å². The third-order valence-corrected chi connectivity index (χ3v) is 6.55. The van der Waals surface area contributed by atoms with Crippen LogP contribution in [0.5, 0.6) is 0 Å². The summed E-state index contributed by atoms with van der Waals surface area (Å²) in [6.07, 6.45) is 4.53. The molecule has 0 radical (unpaired) electrons. The Hall–Kier alpha value is -3.17. The van der Waals surface area contributed by atoms with E-state index >= 15 is 0 Å². The molecule has 0 aliphatic heterocycles. The molecule has 1 aromatic carbocycles. The van der Waals surface area contributed by atoms with Gasteiger partial charge < -0.3 is 14.2 Å². The molecule has 0 spiro atoms. The van der Waals surface area contributed by atoms with Crippen molar-refractivity contribution in [3.8, 4) is 0 Å². The summed E-state index contributed by atoms with van der Waals surface area (Å²) in [7, 11) is -0.000818. The molecule has 0 N–H and O–H groups in total. The van der Waals surface area contributed by atoms with Crippen molar-refractivity contribution in [1.29, 1.82) is 0 Å². The molecule has 2 aromatic rings. The van der Waals surface area contributed by atoms with Gasteiger partial charge in [0.2, 0.25) is 6.41 Å². The number of carbonyl (C=O) groups excluding carboxylic acids is 3. The molecule has 0 bridgehead atoms. The summed E-state index contributed by atoms with van der Waals surface area (Å²) >= 11 is 0. The summed E-state index contributed by atoms with van der Waals surface area (Å²) in [6, 6.07) is 10.2. The Bertz CT molecular complexity index is 1110. The maximum absolute atomic E-state index is 13.0. The summed E-state index contributed by atoms with van der Waals surface area (Å²) in [4.78, 5) is 38.2. The van der Waals surface area contributed by atoms with Crippen molar-refractivity contribution < 1.29 is 28.6 Å². The SMILES string of the molecule is COC(=O)C(/C=C/c1cc2ccccc2n1C(=O)OC(C)(C)C)=C/N(C=O)COCC[Si](C)(C)C. The van der Waals surface area contributed by atoms with Gasteiger partial charge in [-0.15, -0.1) is 0 Å². The minimum absolute atomic E-state index is 0.0144. The minimum atomic E-state index is -1.26. The second kappa shape index (κ2) is 12.0. The van der Waals surface area contributed by atoms with E-state index < -0.39 is 25.7 Å². The van der Waals surface area contributed by atoms with Crippen LogP contribution in [-0.4, -0.2) is 62.1 Å². The third-order valence-electron chi connectivity index (χ3n) is 4.85. The van der Waals surface area contributed by atoms with Gasteiger partial charge in [-0.3, -0.25) is 9.69 Å². The summed E-state index contributed by atoms with van der Waals surface area (Å²) in [6.45, 7) is 12.7. The molecule has 1 aromatic heterocycles. The Morgan fingerprint density at radius 2 is 1.83 bits per heavy atom. The molecule has 35 heavy (non-hydrogen) atoms. The predicted molar refractivity (Wildman–Crippen MR) is 140 cm³/mol. The van der Waals surface area contributed by atoms with Gasteiger partial charge in [-0.2, -0.15) is 0 Å². The molecular formula is C26H36N2O6Si. The fraction of sp³-hybridized carbons (Fsp3) is 0.423. The molecule has 0 aliphatic rings. The van der Waals surface area contributed by atoms with Gasteiger partial charge in [0, 0.05) is 26.3 Å². The van der Waals surface area contributed by atoms with Crippen molar-refractivity contribution in [3.63, 3.8) is 0 Å². The van der Waals surface area contributed by atoms with E-state index in [1.54, 1.807) is 26.8 Å². The number of para-hydroxylation sites is 1. The number of aromatic nitrogens is 1. The Kier molecular flexibility index (Phi) is 9.61. The van der Waals surface area contributed by atoms with Crippen LogP contribution in [0.4, 0.5) is 4.79 Å². The van der Waals surface area contributed by atoms with Gasteiger partial charge in [-0.25, -0.2) is 14.2 Å². The Balaban J connectivity index is 2.35. The van der Waals surface area contributed by atoms with Crippen molar-refractivity contribution in [2.45, 2.75) is 52.1 Å². The molecule has 9 heteroatoms. The van der Waals surface area contributed by atoms with Gasteiger partial charge >= 0.3 is 12.1 Å². The first kappa shape index (κ1) is 28.1. The fourth-order valence-corrected chi connectivity index (χ4v) is 3.85. The third kappa shape index (κ3) is 8.84. The lowest BCUT2D eigenvalue weighted by atomic mass is 10.2. The fourth-order valence-electron chi connectivity index (χ4n) is 3.09. The van der Waals surface area contributed by atoms with Crippen LogP contribution in [0, 0.1) is 0 Å². The van der Waals surface area contributed by atoms with Crippen LogP contribution in [0.2, 0.25) is 25.7 Å². The average molecular weight is 501 g/mol. The molecule has 0 saturated heterocycles. The van der Waals surface area contributed by atoms with Gasteiger partial charge in [0.05, 0.1) is 23.9 Å². The second-order valence-corrected chi connectivity index (χ2v) is 15.9. The van der Waals surface area contributed by atoms with Crippen molar-refractivity contribution in [2.75, 3.05) is 20.4 Å². The number of ether oxygens (including phenoxy) is 3. The number of nitrogens with zero attached hydrogens (tertiary/aromatic N) is 2. The minimum Gasteiger partial charge on any atom is -0.465 e. The zero-order valence-electron chi connectivity index (χ0n) is 21.7. The topological polar surface area (TPSA) is 87.1 Å². The van der Waals surface area contributed by atoms with E-state index in [2.05, 4.69) is 19.6 Å². The van der Waals surface area contributed by atoms with Gasteiger partial charge in [0.25, 0.3) is 0 Å². The first-order valence-electron chi connectivity index (χ1n) is 11.5. The van der Waals surface area contributed by atoms with E-state index in [9.17, 15) is 14.4 Å². The van der Waals surface area contributed by atoms with Crippen LogP contribution in [0.25, 0.3) is 17.0 Å². The highest BCUT2D eigenvalue weighted by Crippen LogP contribution is 2.23. The normalized spacial score (nSPS) is 12.7. The molecule has 0 atom stereocenters. The maximum Gasteiger partial charge on any atom is 0.419 e. The van der Waals surface area contributed by atoms with E-state index in [0.29, 0.717) is 24.2 Å². The first-order valence-corrected chi connectivity index (χ1v) is 15.2. The average Bonchev–Trinajstić information content (AvgIpc) is 3.14. The quantitative estimate of drug-likeness (QED) is 0.0841. The monoisotopic (exact) mass is 500 g/mol. The van der Waals surface area contributed by atoms with Crippen molar-refractivity contribution >= 4 is 43.5 Å². The molecule has 0 fully saturated rings. The maximum atomic E-state index is 13.0. The summed E-state index contributed by atoms with van der Waals surface area (Å²) in [5, 5.41) is 0.840. The number of fused-ring (bicyclic) bond motifs is 1. The van der Waals surface area contributed by atoms with Crippen LogP contribution in [0.3, 0.4) is 0 Å². The van der Waals surface area contributed by atoms with Crippen LogP contribution < -0.4 is 0 Å². The van der Waals surface area contributed by atoms with Gasteiger partial charge in [0.15, 0.2) is 0 Å². The number of carbonyl (C=O) groups is 3. The number of hydrogen-bond acceptors (Lipinski definition) is 6. The van der Waals surface area contributed by atoms with Gasteiger partial charge in [-0.05, 0) is 51.1 Å². The molecule has 0 saturated carbocycles. The first-order chi connectivity index (χ1) is 16.3. The number of hydrogen-bond donors (Lipinski definition) is 0. The highest BCUT2D eigenvalue weighted by molar-refractivity contribution is 6.76. The number of rotatable bonds is 10. The Morgan fingerprint density at radius 1 is 1.14 bits per heavy atom. The summed E-state index contributed by atoms with van der Waals surface area (Å²) in [5.41, 5.74) is 0.629. The number of esters is 1. The predicted octanol–water partition coefficient (Wildman–Crippen LogP) is 5.27. The number of benzene rings is 1. The van der Waals surface area contributed by atoms with Crippen molar-refractivity contribution in [2.24, 2.45) is 0 Å². The molecule has 190 valence electrons. The highest BCUT2D eigenvalue weighted by atomic mass is 28.3. The Morgan fingerprint density at radius 3 is 2.43 bits per heavy atom. The largest absolute Gasteiger partial charge is 0.465 e. The summed E-state index contributed by atoms with van der Waals surface area (Å²) < 4.78 is 17.5. The van der Waals surface area contributed by atoms with E-state index in [-0.39, 0.29) is 12.3 Å². The van der Waals surface area contributed by atoms with E-state index in [1.165, 1.54) is 28.9 Å². The smallest absolute Gasteiger partial charge is 0.419 e. The Labute approximate surface area is 208 Å². The molecule has 1 amide bonds. The van der Waals surface area contributed by atoms with E-state index in [1.807, 2.05) is 30.3 Å². The zero-order chi connectivity index (χ0) is 26.2. The lowest BCUT2D eigenvalue weighted by molar-refractivity contribution is -0.135. The zero-order valence-corrected chi connectivity index (χ0v) is 22.7. The van der Waals surface area contributed by atoms with E-state index in [4.69, 9.17) is 14.2 Å². The standard InChI is InChI=1S/C26H36N2O6Si/c1-26(2,3)34-25(31)28-22(16-20-10-8-9-11-23(20)28)13-12-21(24(30)32-4)17-27(18-29)19-33-14-15-35(5,6)7/h8-13,16-18H,14-15,19H2,1-7H3/b13-12+,21-17+. The van der Waals surface area contributed by atoms with Crippen LogP contribution in [0.15, 0.2) is 48.2 Å².